The van der Waals surface area contributed by atoms with E-state index in [9.17, 15) is 19.2 Å². The fourth-order valence-corrected chi connectivity index (χ4v) is 2.68. The van der Waals surface area contributed by atoms with Crippen molar-refractivity contribution in [2.75, 3.05) is 0 Å². The van der Waals surface area contributed by atoms with E-state index in [-0.39, 0.29) is 25.2 Å². The molecule has 1 fully saturated rings. The molecule has 2 rings (SSSR count). The summed E-state index contributed by atoms with van der Waals surface area (Å²) in [4.78, 5) is 50.8. The van der Waals surface area contributed by atoms with Gasteiger partial charge in [0.2, 0.25) is 0 Å². The van der Waals surface area contributed by atoms with Gasteiger partial charge in [0, 0.05) is 25.7 Å². The standard InChI is InChI=1S/C20H25NO6/c22-17-13-14-18(23)21(17)27-20(25)12-8-3-1-2-7-11-19(24)26-15-16-9-5-4-6-10-16/h4-6,9-10H,1-3,7-8,11-15H2. The van der Waals surface area contributed by atoms with Crippen LogP contribution in [0.25, 0.3) is 0 Å². The molecule has 0 unspecified atom stereocenters. The van der Waals surface area contributed by atoms with Crippen molar-refractivity contribution in [2.45, 2.75) is 64.4 Å². The van der Waals surface area contributed by atoms with Crippen LogP contribution in [-0.4, -0.2) is 28.8 Å². The Kier molecular flexibility index (Phi) is 8.48. The summed E-state index contributed by atoms with van der Waals surface area (Å²) in [6.07, 6.45) is 4.68. The number of ether oxygens (including phenoxy) is 1. The van der Waals surface area contributed by atoms with E-state index in [1.165, 1.54) is 0 Å². The third-order valence-electron chi connectivity index (χ3n) is 4.20. The third-order valence-corrected chi connectivity index (χ3v) is 4.20. The van der Waals surface area contributed by atoms with Gasteiger partial charge in [-0.05, 0) is 18.4 Å². The fraction of sp³-hybridized carbons (Fsp3) is 0.500. The van der Waals surface area contributed by atoms with E-state index in [0.717, 1.165) is 31.2 Å². The van der Waals surface area contributed by atoms with Gasteiger partial charge in [-0.15, -0.1) is 5.06 Å². The zero-order chi connectivity index (χ0) is 19.5. The van der Waals surface area contributed by atoms with Crippen LogP contribution in [0.2, 0.25) is 0 Å². The van der Waals surface area contributed by atoms with Crippen molar-refractivity contribution in [1.82, 2.24) is 5.06 Å². The Hall–Kier alpha value is -2.70. The summed E-state index contributed by atoms with van der Waals surface area (Å²) in [7, 11) is 0. The van der Waals surface area contributed by atoms with Gasteiger partial charge < -0.3 is 9.57 Å². The lowest BCUT2D eigenvalue weighted by Gasteiger charge is -2.12. The first-order chi connectivity index (χ1) is 13.1. The lowest BCUT2D eigenvalue weighted by Crippen LogP contribution is -2.31. The number of hydrogen-bond acceptors (Lipinski definition) is 6. The second-order valence-electron chi connectivity index (χ2n) is 6.46. The predicted octanol–water partition coefficient (Wildman–Crippen LogP) is 3.07. The van der Waals surface area contributed by atoms with E-state index in [1.807, 2.05) is 30.3 Å². The zero-order valence-corrected chi connectivity index (χ0v) is 15.4. The summed E-state index contributed by atoms with van der Waals surface area (Å²) >= 11 is 0. The highest BCUT2D eigenvalue weighted by molar-refractivity contribution is 6.01. The quantitative estimate of drug-likeness (QED) is 0.335. The van der Waals surface area contributed by atoms with Gasteiger partial charge >= 0.3 is 11.9 Å². The molecule has 0 saturated carbocycles. The van der Waals surface area contributed by atoms with Gasteiger partial charge in [0.1, 0.15) is 6.61 Å². The summed E-state index contributed by atoms with van der Waals surface area (Å²) in [5.41, 5.74) is 0.968. The lowest BCUT2D eigenvalue weighted by atomic mass is 10.1. The molecule has 0 spiro atoms. The molecule has 2 amide bonds. The van der Waals surface area contributed by atoms with Crippen molar-refractivity contribution < 1.29 is 28.8 Å². The molecule has 0 aromatic heterocycles. The van der Waals surface area contributed by atoms with Crippen molar-refractivity contribution in [2.24, 2.45) is 0 Å². The van der Waals surface area contributed by atoms with Crippen LogP contribution in [0.1, 0.15) is 63.4 Å². The summed E-state index contributed by atoms with van der Waals surface area (Å²) in [6, 6.07) is 9.54. The Balaban J connectivity index is 1.45. The Labute approximate surface area is 158 Å². The van der Waals surface area contributed by atoms with E-state index in [1.54, 1.807) is 0 Å². The van der Waals surface area contributed by atoms with Gasteiger partial charge in [-0.3, -0.25) is 14.4 Å². The highest BCUT2D eigenvalue weighted by Crippen LogP contribution is 2.14. The average molecular weight is 375 g/mol. The molecule has 146 valence electrons. The third kappa shape index (κ3) is 7.60. The summed E-state index contributed by atoms with van der Waals surface area (Å²) in [5, 5.41) is 0.573. The number of benzene rings is 1. The Morgan fingerprint density at radius 2 is 1.37 bits per heavy atom. The van der Waals surface area contributed by atoms with Crippen molar-refractivity contribution in [1.29, 1.82) is 0 Å². The normalized spacial score (nSPS) is 13.7. The maximum Gasteiger partial charge on any atom is 0.333 e. The van der Waals surface area contributed by atoms with Crippen molar-refractivity contribution in [3.63, 3.8) is 0 Å². The van der Waals surface area contributed by atoms with Gasteiger partial charge in [-0.1, -0.05) is 49.6 Å². The number of unbranched alkanes of at least 4 members (excludes halogenated alkanes) is 4. The maximum atomic E-state index is 11.7. The van der Waals surface area contributed by atoms with E-state index in [0.29, 0.717) is 24.5 Å². The maximum absolute atomic E-state index is 11.7. The van der Waals surface area contributed by atoms with Gasteiger partial charge in [0.25, 0.3) is 11.8 Å². The first-order valence-corrected chi connectivity index (χ1v) is 9.32. The molecule has 1 aromatic rings. The minimum atomic E-state index is -0.567. The molecule has 0 atom stereocenters. The second kappa shape index (κ2) is 11.1. The van der Waals surface area contributed by atoms with E-state index in [4.69, 9.17) is 9.57 Å². The van der Waals surface area contributed by atoms with Gasteiger partial charge in [-0.2, -0.15) is 0 Å². The monoisotopic (exact) mass is 375 g/mol. The smallest absolute Gasteiger partial charge is 0.333 e. The van der Waals surface area contributed by atoms with Crippen LogP contribution in [0.5, 0.6) is 0 Å². The summed E-state index contributed by atoms with van der Waals surface area (Å²) in [5.74, 6) is -1.70. The number of esters is 1. The van der Waals surface area contributed by atoms with Crippen LogP contribution in [-0.2, 0) is 35.4 Å². The van der Waals surface area contributed by atoms with Gasteiger partial charge in [0.05, 0.1) is 0 Å². The first kappa shape index (κ1) is 20.6. The minimum Gasteiger partial charge on any atom is -0.461 e. The predicted molar refractivity (Wildman–Crippen MR) is 95.7 cm³/mol. The molecule has 1 heterocycles. The molecule has 0 radical (unpaired) electrons. The van der Waals surface area contributed by atoms with Crippen molar-refractivity contribution in [3.05, 3.63) is 35.9 Å². The minimum absolute atomic E-state index is 0.0971. The molecule has 1 saturated heterocycles. The van der Waals surface area contributed by atoms with E-state index < -0.39 is 17.8 Å². The Morgan fingerprint density at radius 3 is 2.00 bits per heavy atom. The second-order valence-corrected chi connectivity index (χ2v) is 6.46. The number of nitrogens with zero attached hydrogens (tertiary/aromatic N) is 1. The number of amides is 2. The molecule has 1 aromatic carbocycles. The first-order valence-electron chi connectivity index (χ1n) is 9.32. The number of hydroxylamine groups is 2. The van der Waals surface area contributed by atoms with E-state index in [2.05, 4.69) is 0 Å². The molecular formula is C20H25NO6. The highest BCUT2D eigenvalue weighted by atomic mass is 16.7. The molecule has 0 bridgehead atoms. The Bertz CT molecular complexity index is 642. The number of hydrogen-bond donors (Lipinski definition) is 0. The highest BCUT2D eigenvalue weighted by Gasteiger charge is 2.32. The summed E-state index contributed by atoms with van der Waals surface area (Å²) < 4.78 is 5.21. The molecule has 7 nitrogen and oxygen atoms in total. The van der Waals surface area contributed by atoms with Crippen LogP contribution < -0.4 is 0 Å². The van der Waals surface area contributed by atoms with Crippen LogP contribution in [0.15, 0.2) is 30.3 Å². The van der Waals surface area contributed by atoms with Gasteiger partial charge in [-0.25, -0.2) is 4.79 Å². The van der Waals surface area contributed by atoms with Gasteiger partial charge in [0.15, 0.2) is 0 Å². The lowest BCUT2D eigenvalue weighted by molar-refractivity contribution is -0.197. The number of carbonyl (C=O) groups excluding carboxylic acids is 4. The number of rotatable bonds is 11. The van der Waals surface area contributed by atoms with Crippen LogP contribution in [0, 0.1) is 0 Å². The number of carbonyl (C=O) groups is 4. The van der Waals surface area contributed by atoms with Crippen LogP contribution >= 0.6 is 0 Å². The molecule has 27 heavy (non-hydrogen) atoms. The van der Waals surface area contributed by atoms with Crippen molar-refractivity contribution in [3.8, 4) is 0 Å². The molecule has 1 aliphatic rings. The Morgan fingerprint density at radius 1 is 0.815 bits per heavy atom. The molecule has 0 aliphatic carbocycles. The van der Waals surface area contributed by atoms with Crippen LogP contribution in [0.3, 0.4) is 0 Å². The topological polar surface area (TPSA) is 90.0 Å². The van der Waals surface area contributed by atoms with Crippen molar-refractivity contribution >= 4 is 23.8 Å². The fourth-order valence-electron chi connectivity index (χ4n) is 2.68. The SMILES string of the molecule is O=C(CCCCCCCC(=O)ON1C(=O)CCC1=O)OCc1ccccc1. The average Bonchev–Trinajstić information content (AvgIpc) is 2.98. The van der Waals surface area contributed by atoms with Crippen LogP contribution in [0.4, 0.5) is 0 Å². The molecule has 7 heteroatoms. The largest absolute Gasteiger partial charge is 0.461 e. The molecular weight excluding hydrogens is 350 g/mol. The summed E-state index contributed by atoms with van der Waals surface area (Å²) in [6.45, 7) is 0.295. The zero-order valence-electron chi connectivity index (χ0n) is 15.4. The van der Waals surface area contributed by atoms with E-state index >= 15 is 0 Å². The molecule has 1 aliphatic heterocycles. The molecule has 0 N–H and O–H groups in total. The number of imide groups is 1.